The van der Waals surface area contributed by atoms with Gasteiger partial charge in [0.2, 0.25) is 5.91 Å². The number of alkyl halides is 3. The molecule has 1 atom stereocenters. The number of rotatable bonds is 5. The lowest BCUT2D eigenvalue weighted by Gasteiger charge is -2.35. The predicted octanol–water partition coefficient (Wildman–Crippen LogP) is -0.160. The molecule has 2 N–H and O–H groups in total. The van der Waals surface area contributed by atoms with Gasteiger partial charge in [-0.2, -0.15) is 13.2 Å². The maximum Gasteiger partial charge on any atom is 0.401 e. The number of amides is 1. The number of carboxylic acid groups (broad SMARTS) is 1. The summed E-state index contributed by atoms with van der Waals surface area (Å²) in [5.74, 6) is -1.64. The third-order valence-corrected chi connectivity index (χ3v) is 2.56. The normalized spacial score (nSPS) is 20.4. The van der Waals surface area contributed by atoms with E-state index in [1.54, 1.807) is 0 Å². The first-order valence-electron chi connectivity index (χ1n) is 5.66. The molecule has 1 unspecified atom stereocenters. The topological polar surface area (TPSA) is 78.9 Å². The van der Waals surface area contributed by atoms with Crippen LogP contribution in [0.15, 0.2) is 0 Å². The zero-order valence-electron chi connectivity index (χ0n) is 10.1. The van der Waals surface area contributed by atoms with Crippen molar-refractivity contribution in [3.05, 3.63) is 0 Å². The number of aliphatic carboxylic acids is 1. The number of hydrogen-bond acceptors (Lipinski definition) is 4. The molecule has 0 bridgehead atoms. The molecule has 110 valence electrons. The molecule has 0 aromatic heterocycles. The lowest BCUT2D eigenvalue weighted by Crippen LogP contribution is -2.52. The summed E-state index contributed by atoms with van der Waals surface area (Å²) >= 11 is 0. The van der Waals surface area contributed by atoms with Crippen LogP contribution in [0.1, 0.15) is 6.42 Å². The first kappa shape index (κ1) is 15.7. The molecule has 1 aliphatic heterocycles. The first-order valence-corrected chi connectivity index (χ1v) is 5.66. The van der Waals surface area contributed by atoms with Gasteiger partial charge in [-0.15, -0.1) is 0 Å². The summed E-state index contributed by atoms with van der Waals surface area (Å²) < 4.78 is 40.8. The summed E-state index contributed by atoms with van der Waals surface area (Å²) in [6.45, 7) is -1.22. The molecule has 1 fully saturated rings. The van der Waals surface area contributed by atoms with Crippen LogP contribution in [0, 0.1) is 0 Å². The standard InChI is InChI=1S/C10H15F3N2O4/c11-10(12,13)6-14-4-8(16)15-1-2-19-5-7(15)3-9(17)18/h7,14H,1-6H2,(H,17,18). The molecule has 0 aromatic rings. The highest BCUT2D eigenvalue weighted by Crippen LogP contribution is 2.13. The van der Waals surface area contributed by atoms with Crippen molar-refractivity contribution in [3.63, 3.8) is 0 Å². The van der Waals surface area contributed by atoms with Crippen LogP contribution in [-0.2, 0) is 14.3 Å². The molecule has 1 aliphatic rings. The van der Waals surface area contributed by atoms with Crippen molar-refractivity contribution in [3.8, 4) is 0 Å². The van der Waals surface area contributed by atoms with Gasteiger partial charge in [-0.25, -0.2) is 0 Å². The first-order chi connectivity index (χ1) is 8.79. The fourth-order valence-electron chi connectivity index (χ4n) is 1.77. The van der Waals surface area contributed by atoms with E-state index in [-0.39, 0.29) is 26.2 Å². The van der Waals surface area contributed by atoms with Crippen LogP contribution >= 0.6 is 0 Å². The molecule has 1 heterocycles. The lowest BCUT2D eigenvalue weighted by molar-refractivity contribution is -0.146. The molecule has 0 aliphatic carbocycles. The van der Waals surface area contributed by atoms with Gasteiger partial charge in [0, 0.05) is 6.54 Å². The monoisotopic (exact) mass is 284 g/mol. The van der Waals surface area contributed by atoms with Gasteiger partial charge in [-0.3, -0.25) is 9.59 Å². The Morgan fingerprint density at radius 3 is 2.68 bits per heavy atom. The number of carboxylic acids is 1. The second-order valence-corrected chi connectivity index (χ2v) is 4.13. The van der Waals surface area contributed by atoms with Gasteiger partial charge in [0.15, 0.2) is 0 Å². The zero-order chi connectivity index (χ0) is 14.5. The van der Waals surface area contributed by atoms with Gasteiger partial charge in [0.1, 0.15) is 0 Å². The Labute approximate surface area is 107 Å². The van der Waals surface area contributed by atoms with Crippen molar-refractivity contribution in [1.29, 1.82) is 0 Å². The second kappa shape index (κ2) is 6.71. The molecule has 6 nitrogen and oxygen atoms in total. The van der Waals surface area contributed by atoms with Crippen LogP contribution in [0.25, 0.3) is 0 Å². The fraction of sp³-hybridized carbons (Fsp3) is 0.800. The van der Waals surface area contributed by atoms with E-state index in [0.29, 0.717) is 0 Å². The van der Waals surface area contributed by atoms with E-state index in [1.165, 1.54) is 4.90 Å². The Hall–Kier alpha value is -1.35. The Kier molecular flexibility index (Phi) is 5.55. The van der Waals surface area contributed by atoms with E-state index in [2.05, 4.69) is 0 Å². The highest BCUT2D eigenvalue weighted by atomic mass is 19.4. The molecule has 1 rings (SSSR count). The van der Waals surface area contributed by atoms with Crippen LogP contribution in [0.4, 0.5) is 13.2 Å². The highest BCUT2D eigenvalue weighted by Gasteiger charge is 2.30. The summed E-state index contributed by atoms with van der Waals surface area (Å²) in [6, 6.07) is -0.633. The molecule has 0 spiro atoms. The summed E-state index contributed by atoms with van der Waals surface area (Å²) in [6.07, 6.45) is -4.67. The zero-order valence-corrected chi connectivity index (χ0v) is 10.1. The van der Waals surface area contributed by atoms with E-state index in [9.17, 15) is 22.8 Å². The number of nitrogens with one attached hydrogen (secondary N) is 1. The molecular formula is C10H15F3N2O4. The van der Waals surface area contributed by atoms with Gasteiger partial charge in [-0.05, 0) is 0 Å². The van der Waals surface area contributed by atoms with Gasteiger partial charge < -0.3 is 20.1 Å². The summed E-state index contributed by atoms with van der Waals surface area (Å²) in [4.78, 5) is 23.6. The fourth-order valence-corrected chi connectivity index (χ4v) is 1.77. The Balaban J connectivity index is 2.45. The maximum absolute atomic E-state index is 11.9. The molecular weight excluding hydrogens is 269 g/mol. The number of halogens is 3. The van der Waals surface area contributed by atoms with Gasteiger partial charge in [0.05, 0.1) is 38.8 Å². The molecule has 1 amide bonds. The highest BCUT2D eigenvalue weighted by molar-refractivity contribution is 5.79. The quantitative estimate of drug-likeness (QED) is 0.733. The van der Waals surface area contributed by atoms with Crippen molar-refractivity contribution in [2.45, 2.75) is 18.6 Å². The van der Waals surface area contributed by atoms with E-state index < -0.39 is 37.2 Å². The number of carbonyl (C=O) groups excluding carboxylic acids is 1. The smallest absolute Gasteiger partial charge is 0.401 e. The van der Waals surface area contributed by atoms with Crippen LogP contribution in [0.3, 0.4) is 0 Å². The Bertz CT molecular complexity index is 335. The minimum Gasteiger partial charge on any atom is -0.481 e. The largest absolute Gasteiger partial charge is 0.481 e. The van der Waals surface area contributed by atoms with E-state index in [4.69, 9.17) is 9.84 Å². The number of carbonyl (C=O) groups is 2. The predicted molar refractivity (Wildman–Crippen MR) is 57.5 cm³/mol. The number of hydrogen-bond donors (Lipinski definition) is 2. The summed E-state index contributed by atoms with van der Waals surface area (Å²) in [5.41, 5.74) is 0. The summed E-state index contributed by atoms with van der Waals surface area (Å²) in [5, 5.41) is 10.7. The number of ether oxygens (including phenoxy) is 1. The van der Waals surface area contributed by atoms with Crippen molar-refractivity contribution in [1.82, 2.24) is 10.2 Å². The molecule has 1 saturated heterocycles. The van der Waals surface area contributed by atoms with Crippen molar-refractivity contribution in [2.75, 3.05) is 32.8 Å². The summed E-state index contributed by atoms with van der Waals surface area (Å²) in [7, 11) is 0. The molecule has 19 heavy (non-hydrogen) atoms. The van der Waals surface area contributed by atoms with Gasteiger partial charge in [0.25, 0.3) is 0 Å². The van der Waals surface area contributed by atoms with Crippen LogP contribution < -0.4 is 5.32 Å². The molecule has 0 radical (unpaired) electrons. The van der Waals surface area contributed by atoms with Crippen LogP contribution in [0.2, 0.25) is 0 Å². The molecule has 0 saturated carbocycles. The number of morpholine rings is 1. The third-order valence-electron chi connectivity index (χ3n) is 2.56. The van der Waals surface area contributed by atoms with E-state index >= 15 is 0 Å². The minimum atomic E-state index is -4.38. The van der Waals surface area contributed by atoms with Gasteiger partial charge >= 0.3 is 12.1 Å². The molecule has 0 aromatic carbocycles. The minimum absolute atomic E-state index is 0.0807. The van der Waals surface area contributed by atoms with Crippen molar-refractivity contribution < 1.29 is 32.6 Å². The van der Waals surface area contributed by atoms with Crippen molar-refractivity contribution in [2.24, 2.45) is 0 Å². The number of nitrogens with zero attached hydrogens (tertiary/aromatic N) is 1. The Morgan fingerprint density at radius 1 is 1.42 bits per heavy atom. The lowest BCUT2D eigenvalue weighted by atomic mass is 10.1. The Morgan fingerprint density at radius 2 is 2.11 bits per heavy atom. The second-order valence-electron chi connectivity index (χ2n) is 4.13. The van der Waals surface area contributed by atoms with E-state index in [0.717, 1.165) is 0 Å². The average molecular weight is 284 g/mol. The SMILES string of the molecule is O=C(O)CC1COCCN1C(=O)CNCC(F)(F)F. The van der Waals surface area contributed by atoms with E-state index in [1.807, 2.05) is 5.32 Å². The van der Waals surface area contributed by atoms with Crippen molar-refractivity contribution >= 4 is 11.9 Å². The maximum atomic E-state index is 11.9. The molecule has 9 heteroatoms. The van der Waals surface area contributed by atoms with Gasteiger partial charge in [-0.1, -0.05) is 0 Å². The third kappa shape index (κ3) is 5.88. The average Bonchev–Trinajstić information content (AvgIpc) is 2.27. The van der Waals surface area contributed by atoms with Crippen LogP contribution in [0.5, 0.6) is 0 Å². The van der Waals surface area contributed by atoms with Crippen LogP contribution in [-0.4, -0.2) is 66.9 Å².